The molecule has 0 saturated carbocycles. The van der Waals surface area contributed by atoms with Crippen LogP contribution in [0.2, 0.25) is 0 Å². The normalized spacial score (nSPS) is 16.5. The Balaban J connectivity index is 1.76. The summed E-state index contributed by atoms with van der Waals surface area (Å²) in [5, 5.41) is 3.65. The van der Waals surface area contributed by atoms with E-state index in [-0.39, 0.29) is 41.7 Å². The monoisotopic (exact) mass is 491 g/mol. The molecule has 1 N–H and O–H groups in total. The third kappa shape index (κ3) is 5.84. The molecule has 0 radical (unpaired) electrons. The number of likely N-dealkylation sites (tertiary alicyclic amines) is 1. The van der Waals surface area contributed by atoms with E-state index in [4.69, 9.17) is 9.47 Å². The molecular formula is C21H25F4N3O4S. The van der Waals surface area contributed by atoms with Crippen molar-refractivity contribution in [2.24, 2.45) is 0 Å². The standard InChI is InChI=1S/C21H25F4N3O4S/c1-19(2,3)32-18(30)28-7-5-20(22,6-8-28)11-31-14-9-13(21(23,24)25)16-15(27-14)12(10-33-16)17(29)26-4/h9-10H,5-8,11H2,1-4H3,(H,26,29). The molecule has 2 aromatic rings. The number of nitrogens with zero attached hydrogens (tertiary/aromatic N) is 2. The Morgan fingerprint density at radius 1 is 1.24 bits per heavy atom. The van der Waals surface area contributed by atoms with Gasteiger partial charge in [0, 0.05) is 44.4 Å². The molecular weight excluding hydrogens is 466 g/mol. The van der Waals surface area contributed by atoms with E-state index < -0.39 is 47.5 Å². The maximum absolute atomic E-state index is 15.3. The number of amides is 2. The van der Waals surface area contributed by atoms with Crippen molar-refractivity contribution in [1.82, 2.24) is 15.2 Å². The molecule has 182 valence electrons. The summed E-state index contributed by atoms with van der Waals surface area (Å²) in [6, 6.07) is 0.714. The molecule has 0 unspecified atom stereocenters. The Morgan fingerprint density at radius 2 is 1.88 bits per heavy atom. The van der Waals surface area contributed by atoms with Crippen LogP contribution in [0.4, 0.5) is 22.4 Å². The minimum Gasteiger partial charge on any atom is -0.474 e. The van der Waals surface area contributed by atoms with Gasteiger partial charge in [-0.1, -0.05) is 0 Å². The van der Waals surface area contributed by atoms with E-state index in [1.165, 1.54) is 17.3 Å². The molecule has 0 aliphatic carbocycles. The number of piperidine rings is 1. The van der Waals surface area contributed by atoms with Crippen molar-refractivity contribution in [2.45, 2.75) is 51.1 Å². The van der Waals surface area contributed by atoms with Gasteiger partial charge in [0.25, 0.3) is 5.91 Å². The van der Waals surface area contributed by atoms with Crippen molar-refractivity contribution >= 4 is 33.6 Å². The number of aromatic nitrogens is 1. The summed E-state index contributed by atoms with van der Waals surface area (Å²) < 4.78 is 66.5. The van der Waals surface area contributed by atoms with Crippen LogP contribution in [-0.4, -0.2) is 59.9 Å². The van der Waals surface area contributed by atoms with Gasteiger partial charge in [-0.05, 0) is 20.8 Å². The number of alkyl halides is 4. The zero-order valence-corrected chi connectivity index (χ0v) is 19.5. The summed E-state index contributed by atoms with van der Waals surface area (Å²) in [7, 11) is 1.35. The van der Waals surface area contributed by atoms with E-state index in [9.17, 15) is 22.8 Å². The number of halogens is 4. The Labute approximate surface area is 192 Å². The van der Waals surface area contributed by atoms with Gasteiger partial charge in [0.1, 0.15) is 17.9 Å². The van der Waals surface area contributed by atoms with E-state index in [1.807, 2.05) is 0 Å². The molecule has 0 atom stereocenters. The highest BCUT2D eigenvalue weighted by molar-refractivity contribution is 7.17. The van der Waals surface area contributed by atoms with Crippen molar-refractivity contribution in [1.29, 1.82) is 0 Å². The number of carbonyl (C=O) groups excluding carboxylic acids is 2. The van der Waals surface area contributed by atoms with Gasteiger partial charge in [0.05, 0.1) is 21.3 Å². The molecule has 3 heterocycles. The average Bonchev–Trinajstić information content (AvgIpc) is 3.13. The van der Waals surface area contributed by atoms with Crippen molar-refractivity contribution in [3.63, 3.8) is 0 Å². The third-order valence-corrected chi connectivity index (χ3v) is 6.07. The van der Waals surface area contributed by atoms with Crippen molar-refractivity contribution in [2.75, 3.05) is 26.7 Å². The molecule has 33 heavy (non-hydrogen) atoms. The lowest BCUT2D eigenvalue weighted by molar-refractivity contribution is -0.136. The Kier molecular flexibility index (Phi) is 6.79. The second-order valence-corrected chi connectivity index (χ2v) is 9.70. The number of thiophene rings is 1. The van der Waals surface area contributed by atoms with Gasteiger partial charge >= 0.3 is 12.3 Å². The summed E-state index contributed by atoms with van der Waals surface area (Å²) in [6.07, 6.45) is -5.40. The molecule has 2 amide bonds. The van der Waals surface area contributed by atoms with Crippen LogP contribution in [0.25, 0.3) is 10.2 Å². The van der Waals surface area contributed by atoms with E-state index in [1.54, 1.807) is 20.8 Å². The van der Waals surface area contributed by atoms with Gasteiger partial charge < -0.3 is 19.7 Å². The molecule has 2 aromatic heterocycles. The van der Waals surface area contributed by atoms with Gasteiger partial charge in [0.2, 0.25) is 5.88 Å². The number of pyridine rings is 1. The van der Waals surface area contributed by atoms with E-state index in [0.717, 1.165) is 11.3 Å². The van der Waals surface area contributed by atoms with Gasteiger partial charge in [-0.15, -0.1) is 11.3 Å². The predicted molar refractivity (Wildman–Crippen MR) is 114 cm³/mol. The molecule has 0 aromatic carbocycles. The number of carbonyl (C=O) groups is 2. The summed E-state index contributed by atoms with van der Waals surface area (Å²) in [4.78, 5) is 29.6. The highest BCUT2D eigenvalue weighted by atomic mass is 32.1. The van der Waals surface area contributed by atoms with E-state index in [2.05, 4.69) is 10.3 Å². The fourth-order valence-corrected chi connectivity index (χ4v) is 4.35. The topological polar surface area (TPSA) is 80.8 Å². The first-order valence-corrected chi connectivity index (χ1v) is 11.1. The Hall–Kier alpha value is -2.63. The number of hydrogen-bond donors (Lipinski definition) is 1. The van der Waals surface area contributed by atoms with Crippen molar-refractivity contribution < 1.29 is 36.6 Å². The minimum absolute atomic E-state index is 0.0194. The second kappa shape index (κ2) is 8.96. The second-order valence-electron chi connectivity index (χ2n) is 8.82. The number of ether oxygens (including phenoxy) is 2. The van der Waals surface area contributed by atoms with Gasteiger partial charge in [-0.2, -0.15) is 13.2 Å². The van der Waals surface area contributed by atoms with Gasteiger partial charge in [-0.3, -0.25) is 4.79 Å². The van der Waals surface area contributed by atoms with Crippen LogP contribution < -0.4 is 10.1 Å². The molecule has 0 bridgehead atoms. The maximum atomic E-state index is 15.3. The van der Waals surface area contributed by atoms with Crippen LogP contribution >= 0.6 is 11.3 Å². The van der Waals surface area contributed by atoms with Crippen LogP contribution in [-0.2, 0) is 10.9 Å². The fraction of sp³-hybridized carbons (Fsp3) is 0.571. The van der Waals surface area contributed by atoms with Gasteiger partial charge in [0.15, 0.2) is 0 Å². The van der Waals surface area contributed by atoms with Crippen molar-refractivity contribution in [3.8, 4) is 5.88 Å². The molecule has 1 fully saturated rings. The fourth-order valence-electron chi connectivity index (χ4n) is 3.33. The summed E-state index contributed by atoms with van der Waals surface area (Å²) in [5.74, 6) is -1.01. The summed E-state index contributed by atoms with van der Waals surface area (Å²) in [5.41, 5.74) is -3.72. The maximum Gasteiger partial charge on any atom is 0.418 e. The first-order chi connectivity index (χ1) is 15.2. The molecule has 7 nitrogen and oxygen atoms in total. The number of rotatable bonds is 4. The zero-order chi connectivity index (χ0) is 24.6. The third-order valence-electron chi connectivity index (χ3n) is 5.07. The molecule has 3 rings (SSSR count). The van der Waals surface area contributed by atoms with Crippen LogP contribution in [0, 0.1) is 0 Å². The predicted octanol–water partition coefficient (Wildman–Crippen LogP) is 4.79. The van der Waals surface area contributed by atoms with E-state index in [0.29, 0.717) is 6.07 Å². The Bertz CT molecular complexity index is 1040. The molecule has 1 aliphatic heterocycles. The average molecular weight is 492 g/mol. The SMILES string of the molecule is CNC(=O)c1csc2c(C(F)(F)F)cc(OCC3(F)CCN(C(=O)OC(C)(C)C)CC3)nc12. The highest BCUT2D eigenvalue weighted by Gasteiger charge is 2.39. The van der Waals surface area contributed by atoms with Crippen LogP contribution in [0.15, 0.2) is 11.4 Å². The first kappa shape index (κ1) is 25.0. The lowest BCUT2D eigenvalue weighted by atomic mass is 9.94. The quantitative estimate of drug-likeness (QED) is 0.622. The number of nitrogens with one attached hydrogen (secondary N) is 1. The van der Waals surface area contributed by atoms with Gasteiger partial charge in [-0.25, -0.2) is 14.2 Å². The van der Waals surface area contributed by atoms with Crippen LogP contribution in [0.1, 0.15) is 49.5 Å². The highest BCUT2D eigenvalue weighted by Crippen LogP contribution is 2.40. The lowest BCUT2D eigenvalue weighted by Gasteiger charge is -2.36. The molecule has 1 aliphatic rings. The zero-order valence-electron chi connectivity index (χ0n) is 18.6. The Morgan fingerprint density at radius 3 is 2.42 bits per heavy atom. The molecule has 12 heteroatoms. The lowest BCUT2D eigenvalue weighted by Crippen LogP contribution is -2.48. The summed E-state index contributed by atoms with van der Waals surface area (Å²) in [6.45, 7) is 4.81. The summed E-state index contributed by atoms with van der Waals surface area (Å²) >= 11 is 0.750. The largest absolute Gasteiger partial charge is 0.474 e. The minimum atomic E-state index is -4.71. The molecule has 1 saturated heterocycles. The number of hydrogen-bond acceptors (Lipinski definition) is 6. The molecule has 0 spiro atoms. The van der Waals surface area contributed by atoms with Crippen molar-refractivity contribution in [3.05, 3.63) is 22.6 Å². The smallest absolute Gasteiger partial charge is 0.418 e. The first-order valence-electron chi connectivity index (χ1n) is 10.2. The number of fused-ring (bicyclic) bond motifs is 1. The van der Waals surface area contributed by atoms with Crippen LogP contribution in [0.3, 0.4) is 0 Å². The van der Waals surface area contributed by atoms with Crippen LogP contribution in [0.5, 0.6) is 5.88 Å². The van der Waals surface area contributed by atoms with E-state index >= 15 is 4.39 Å².